The molecule has 72 valence electrons. The van der Waals surface area contributed by atoms with Crippen molar-refractivity contribution >= 4 is 10.4 Å². The third kappa shape index (κ3) is 3.36. The fraction of sp³-hybridized carbons (Fsp3) is 0.167. The molecule has 0 aromatic carbocycles. The molecule has 0 aliphatic carbocycles. The lowest BCUT2D eigenvalue weighted by molar-refractivity contribution is 0.381. The fourth-order valence-electron chi connectivity index (χ4n) is 0.731. The first-order chi connectivity index (χ1) is 6.01. The zero-order valence-corrected chi connectivity index (χ0v) is 7.36. The summed E-state index contributed by atoms with van der Waals surface area (Å²) in [6, 6.07) is 2.94. The first-order valence-electron chi connectivity index (χ1n) is 3.33. The van der Waals surface area contributed by atoms with Crippen molar-refractivity contribution in [2.45, 2.75) is 6.54 Å². The third-order valence-corrected chi connectivity index (χ3v) is 1.61. The Hall–Kier alpha value is -1.18. The van der Waals surface area contributed by atoms with E-state index in [0.717, 1.165) is 0 Å². The van der Waals surface area contributed by atoms with Gasteiger partial charge in [0.25, 0.3) is 0 Å². The molecule has 13 heavy (non-hydrogen) atoms. The van der Waals surface area contributed by atoms with Crippen LogP contribution in [0.2, 0.25) is 0 Å². The molecule has 1 heterocycles. The Balaban J connectivity index is 2.90. The van der Waals surface area contributed by atoms with Crippen molar-refractivity contribution < 1.29 is 17.2 Å². The first-order valence-corrected chi connectivity index (χ1v) is 4.69. The van der Waals surface area contributed by atoms with E-state index in [1.165, 1.54) is 12.3 Å². The quantitative estimate of drug-likeness (QED) is 0.656. The van der Waals surface area contributed by atoms with Gasteiger partial charge in [0, 0.05) is 18.8 Å². The summed E-state index contributed by atoms with van der Waals surface area (Å²) in [6.07, 6.45) is 1.34. The molecule has 0 spiro atoms. The monoisotopic (exact) mass is 204 g/mol. The van der Waals surface area contributed by atoms with Crippen molar-refractivity contribution in [2.24, 2.45) is 5.73 Å². The second-order valence-electron chi connectivity index (χ2n) is 2.22. The summed E-state index contributed by atoms with van der Waals surface area (Å²) < 4.78 is 32.9. The van der Waals surface area contributed by atoms with Gasteiger partial charge >= 0.3 is 10.4 Å². The van der Waals surface area contributed by atoms with Crippen LogP contribution in [0.4, 0.5) is 0 Å². The van der Waals surface area contributed by atoms with E-state index in [-0.39, 0.29) is 12.4 Å². The van der Waals surface area contributed by atoms with Gasteiger partial charge in [0.05, 0.1) is 0 Å². The van der Waals surface area contributed by atoms with Crippen molar-refractivity contribution in [2.75, 3.05) is 0 Å². The minimum atomic E-state index is -4.51. The number of nitrogens with two attached hydrogens (primary N) is 1. The molecule has 0 saturated carbocycles. The number of hydrogen-bond donors (Lipinski definition) is 2. The lowest BCUT2D eigenvalue weighted by atomic mass is 10.3. The van der Waals surface area contributed by atoms with Crippen LogP contribution >= 0.6 is 0 Å². The normalized spacial score (nSPS) is 11.2. The van der Waals surface area contributed by atoms with Gasteiger partial charge in [-0.15, -0.1) is 0 Å². The van der Waals surface area contributed by atoms with Gasteiger partial charge in [0.1, 0.15) is 0 Å². The highest BCUT2D eigenvalue weighted by atomic mass is 32.3. The Morgan fingerprint density at radius 3 is 2.85 bits per heavy atom. The molecule has 0 bridgehead atoms. The zero-order valence-electron chi connectivity index (χ0n) is 6.54. The Morgan fingerprint density at radius 1 is 1.62 bits per heavy atom. The maximum Gasteiger partial charge on any atom is 0.447 e. The molecule has 6 nitrogen and oxygen atoms in total. The van der Waals surface area contributed by atoms with Crippen LogP contribution in [0.25, 0.3) is 0 Å². The molecule has 1 aromatic heterocycles. The van der Waals surface area contributed by atoms with Crippen molar-refractivity contribution in [3.63, 3.8) is 0 Å². The van der Waals surface area contributed by atoms with Crippen molar-refractivity contribution in [3.8, 4) is 5.88 Å². The second-order valence-corrected chi connectivity index (χ2v) is 3.24. The molecule has 0 aliphatic rings. The van der Waals surface area contributed by atoms with Crippen LogP contribution in [0.1, 0.15) is 5.56 Å². The molecular formula is C6H8N2O4S. The highest BCUT2D eigenvalue weighted by molar-refractivity contribution is 7.81. The first kappa shape index (κ1) is 9.90. The minimum Gasteiger partial charge on any atom is -0.341 e. The summed E-state index contributed by atoms with van der Waals surface area (Å²) in [5.41, 5.74) is 5.95. The smallest absolute Gasteiger partial charge is 0.341 e. The van der Waals surface area contributed by atoms with Crippen LogP contribution < -0.4 is 9.92 Å². The molecule has 0 atom stereocenters. The highest BCUT2D eigenvalue weighted by Crippen LogP contribution is 2.10. The van der Waals surface area contributed by atoms with E-state index in [1.54, 1.807) is 6.07 Å². The molecule has 0 aliphatic heterocycles. The van der Waals surface area contributed by atoms with Crippen LogP contribution in [0.5, 0.6) is 5.88 Å². The molecule has 3 N–H and O–H groups in total. The van der Waals surface area contributed by atoms with Gasteiger partial charge < -0.3 is 9.92 Å². The van der Waals surface area contributed by atoms with Gasteiger partial charge in [0.15, 0.2) is 0 Å². The molecule has 0 saturated heterocycles. The number of pyridine rings is 1. The highest BCUT2D eigenvalue weighted by Gasteiger charge is 2.07. The van der Waals surface area contributed by atoms with Crippen LogP contribution in [0.15, 0.2) is 18.3 Å². The van der Waals surface area contributed by atoms with Crippen LogP contribution in [0.3, 0.4) is 0 Å². The lowest BCUT2D eigenvalue weighted by Crippen LogP contribution is -2.08. The molecule has 0 radical (unpaired) electrons. The zero-order chi connectivity index (χ0) is 9.90. The van der Waals surface area contributed by atoms with E-state index in [9.17, 15) is 8.42 Å². The number of aromatic nitrogens is 1. The summed E-state index contributed by atoms with van der Waals surface area (Å²) >= 11 is 0. The van der Waals surface area contributed by atoms with E-state index in [1.807, 2.05) is 0 Å². The van der Waals surface area contributed by atoms with Gasteiger partial charge in [-0.1, -0.05) is 0 Å². The van der Waals surface area contributed by atoms with E-state index >= 15 is 0 Å². The Kier molecular flexibility index (Phi) is 2.81. The van der Waals surface area contributed by atoms with Gasteiger partial charge in [0.2, 0.25) is 5.88 Å². The topological polar surface area (TPSA) is 103 Å². The van der Waals surface area contributed by atoms with Crippen molar-refractivity contribution in [1.29, 1.82) is 0 Å². The molecule has 0 fully saturated rings. The molecule has 7 heteroatoms. The Morgan fingerprint density at radius 2 is 2.31 bits per heavy atom. The predicted molar refractivity (Wildman–Crippen MR) is 44.3 cm³/mol. The van der Waals surface area contributed by atoms with E-state index in [2.05, 4.69) is 9.17 Å². The molecule has 0 unspecified atom stereocenters. The van der Waals surface area contributed by atoms with E-state index in [4.69, 9.17) is 10.3 Å². The number of nitrogens with zero attached hydrogens (tertiary/aromatic N) is 1. The SMILES string of the molecule is NCc1ccnc(OS(=O)(=O)O)c1. The summed E-state index contributed by atoms with van der Waals surface area (Å²) in [4.78, 5) is 3.56. The van der Waals surface area contributed by atoms with Crippen molar-refractivity contribution in [3.05, 3.63) is 23.9 Å². The van der Waals surface area contributed by atoms with Crippen LogP contribution in [-0.2, 0) is 16.9 Å². The van der Waals surface area contributed by atoms with Crippen LogP contribution in [-0.4, -0.2) is 18.0 Å². The second kappa shape index (κ2) is 3.69. The Bertz CT molecular complexity index is 389. The van der Waals surface area contributed by atoms with Crippen molar-refractivity contribution in [1.82, 2.24) is 4.98 Å². The Labute approximate surface area is 75.3 Å². The van der Waals surface area contributed by atoms with Gasteiger partial charge in [-0.3, -0.25) is 4.55 Å². The summed E-state index contributed by atoms with van der Waals surface area (Å²) in [5.74, 6) is -0.203. The number of hydrogen-bond acceptors (Lipinski definition) is 5. The van der Waals surface area contributed by atoms with Gasteiger partial charge in [-0.2, -0.15) is 8.42 Å². The largest absolute Gasteiger partial charge is 0.447 e. The van der Waals surface area contributed by atoms with Crippen LogP contribution in [0, 0.1) is 0 Å². The summed E-state index contributed by atoms with van der Waals surface area (Å²) in [5, 5.41) is 0. The fourth-order valence-corrected chi connectivity index (χ4v) is 1.04. The third-order valence-electron chi connectivity index (χ3n) is 1.23. The maximum absolute atomic E-state index is 10.3. The molecule has 0 amide bonds. The van der Waals surface area contributed by atoms with E-state index in [0.29, 0.717) is 5.56 Å². The average Bonchev–Trinajstić information content (AvgIpc) is 2.01. The van der Waals surface area contributed by atoms with Gasteiger partial charge in [-0.05, 0) is 11.6 Å². The lowest BCUT2D eigenvalue weighted by Gasteiger charge is -2.01. The minimum absolute atomic E-state index is 0.203. The molecular weight excluding hydrogens is 196 g/mol. The standard InChI is InChI=1S/C6H8N2O4S/c7-4-5-1-2-8-6(3-5)12-13(9,10)11/h1-3H,4,7H2,(H,9,10,11). The number of rotatable bonds is 3. The summed E-state index contributed by atoms with van der Waals surface area (Å²) in [6.45, 7) is 0.240. The van der Waals surface area contributed by atoms with E-state index < -0.39 is 10.4 Å². The molecule has 1 aromatic rings. The maximum atomic E-state index is 10.3. The average molecular weight is 204 g/mol. The van der Waals surface area contributed by atoms with Gasteiger partial charge in [-0.25, -0.2) is 4.98 Å². The molecule has 1 rings (SSSR count). The summed E-state index contributed by atoms with van der Waals surface area (Å²) in [7, 11) is -4.51. The predicted octanol–water partition coefficient (Wildman–Crippen LogP) is -0.278.